The molecule has 0 amide bonds. The van der Waals surface area contributed by atoms with Crippen molar-refractivity contribution in [1.82, 2.24) is 0 Å². The van der Waals surface area contributed by atoms with Crippen molar-refractivity contribution in [2.45, 2.75) is 26.3 Å². The second kappa shape index (κ2) is 6.82. The van der Waals surface area contributed by atoms with Crippen molar-refractivity contribution in [2.24, 2.45) is 0 Å². The van der Waals surface area contributed by atoms with Crippen LogP contribution < -0.4 is 0 Å². The molecule has 0 saturated heterocycles. The van der Waals surface area contributed by atoms with Crippen molar-refractivity contribution in [3.8, 4) is 0 Å². The average Bonchev–Trinajstić information content (AvgIpc) is 2.15. The quantitative estimate of drug-likeness (QED) is 0.498. The van der Waals surface area contributed by atoms with E-state index in [1.807, 2.05) is 0 Å². The Morgan fingerprint density at radius 2 is 1.28 bits per heavy atom. The van der Waals surface area contributed by atoms with Gasteiger partial charge in [0.1, 0.15) is 0 Å². The summed E-state index contributed by atoms with van der Waals surface area (Å²) in [4.78, 5) is 0. The Bertz CT molecular complexity index is 327. The molecule has 0 fully saturated rings. The minimum Gasteiger partial charge on any atom is -0.351 e. The third-order valence-electron chi connectivity index (χ3n) is 1.46. The van der Waals surface area contributed by atoms with Crippen LogP contribution in [0.1, 0.15) is 20.8 Å². The lowest BCUT2D eigenvalue weighted by Gasteiger charge is -2.26. The van der Waals surface area contributed by atoms with Crippen molar-refractivity contribution < 1.29 is 38.7 Å². The smallest absolute Gasteiger partial charge is 0.351 e. The summed E-state index contributed by atoms with van der Waals surface area (Å²) in [6.07, 6.45) is 0. The van der Waals surface area contributed by atoms with Gasteiger partial charge in [-0.15, -0.1) is 0 Å². The highest BCUT2D eigenvalue weighted by Crippen LogP contribution is 2.28. The second-order valence-corrected chi connectivity index (χ2v) is 6.69. The lowest BCUT2D eigenvalue weighted by molar-refractivity contribution is -0.0597. The summed E-state index contributed by atoms with van der Waals surface area (Å²) in [5.74, 6) is 0. The topological polar surface area (TPSA) is 71.1 Å². The molecule has 0 heterocycles. The SMILES string of the molecule is CCO[Si](OCC)(OCC)OS(=O)(=O)C(F)(F)F. The van der Waals surface area contributed by atoms with Crippen molar-refractivity contribution in [3.05, 3.63) is 0 Å². The van der Waals surface area contributed by atoms with Crippen LogP contribution in [0.25, 0.3) is 0 Å². The number of alkyl halides is 3. The van der Waals surface area contributed by atoms with E-state index < -0.39 is 24.7 Å². The fourth-order valence-corrected chi connectivity index (χ4v) is 4.25. The first kappa shape index (κ1) is 17.8. The third kappa shape index (κ3) is 4.82. The van der Waals surface area contributed by atoms with Gasteiger partial charge in [-0.3, -0.25) is 0 Å². The third-order valence-corrected chi connectivity index (χ3v) is 5.65. The first-order chi connectivity index (χ1) is 8.14. The molecule has 0 aliphatic carbocycles. The van der Waals surface area contributed by atoms with Gasteiger partial charge in [0.15, 0.2) is 0 Å². The first-order valence-electron chi connectivity index (χ1n) is 5.07. The van der Waals surface area contributed by atoms with Crippen LogP contribution >= 0.6 is 0 Å². The van der Waals surface area contributed by atoms with E-state index in [-0.39, 0.29) is 19.8 Å². The lowest BCUT2D eigenvalue weighted by Crippen LogP contribution is -2.52. The summed E-state index contributed by atoms with van der Waals surface area (Å²) in [7, 11) is -10.2. The summed E-state index contributed by atoms with van der Waals surface area (Å²) in [5.41, 5.74) is -5.56. The Balaban J connectivity index is 5.20. The minimum absolute atomic E-state index is 0.112. The van der Waals surface area contributed by atoms with E-state index in [2.05, 4.69) is 3.87 Å². The van der Waals surface area contributed by atoms with Crippen LogP contribution in [0.4, 0.5) is 13.2 Å². The first-order valence-corrected chi connectivity index (χ1v) is 8.12. The van der Waals surface area contributed by atoms with Gasteiger partial charge in [-0.2, -0.15) is 21.6 Å². The molecule has 0 bridgehead atoms. The molecule has 6 nitrogen and oxygen atoms in total. The fourth-order valence-electron chi connectivity index (χ4n) is 0.909. The van der Waals surface area contributed by atoms with Crippen LogP contribution in [0, 0.1) is 0 Å². The lowest BCUT2D eigenvalue weighted by atomic mass is 10.9. The Kier molecular flexibility index (Phi) is 6.74. The van der Waals surface area contributed by atoms with Gasteiger partial charge in [0.2, 0.25) is 0 Å². The molecule has 0 aromatic heterocycles. The van der Waals surface area contributed by atoms with Crippen molar-refractivity contribution in [3.63, 3.8) is 0 Å². The van der Waals surface area contributed by atoms with Gasteiger partial charge in [0, 0.05) is 19.8 Å². The maximum absolute atomic E-state index is 12.2. The molecule has 18 heavy (non-hydrogen) atoms. The van der Waals surface area contributed by atoms with Gasteiger partial charge in [0.25, 0.3) is 0 Å². The molecule has 0 radical (unpaired) electrons. The molecule has 0 N–H and O–H groups in total. The van der Waals surface area contributed by atoms with Crippen LogP contribution in [-0.4, -0.2) is 42.8 Å². The normalized spacial score (nSPS) is 13.9. The highest BCUT2D eigenvalue weighted by molar-refractivity contribution is 7.88. The minimum atomic E-state index is -5.84. The molecule has 0 aliphatic heterocycles. The maximum atomic E-state index is 12.2. The molecule has 0 spiro atoms. The zero-order valence-electron chi connectivity index (χ0n) is 10.1. The van der Waals surface area contributed by atoms with E-state index in [0.29, 0.717) is 0 Å². The monoisotopic (exact) mass is 312 g/mol. The predicted molar refractivity (Wildman–Crippen MR) is 56.7 cm³/mol. The van der Waals surface area contributed by atoms with Gasteiger partial charge in [-0.25, -0.2) is 3.87 Å². The van der Waals surface area contributed by atoms with Crippen LogP contribution in [0.2, 0.25) is 0 Å². The standard InChI is InChI=1S/C7H15F3O6SSi/c1-4-13-18(14-5-2,15-6-3)16-17(11,12)7(8,9)10/h4-6H2,1-3H3. The molecule has 0 saturated carbocycles. The van der Waals surface area contributed by atoms with E-state index in [1.54, 1.807) is 0 Å². The Hall–Kier alpha value is -0.203. The molecule has 110 valence electrons. The van der Waals surface area contributed by atoms with Crippen LogP contribution in [-0.2, 0) is 27.3 Å². The molecular formula is C7H15F3O6SSi. The maximum Gasteiger partial charge on any atom is 0.694 e. The van der Waals surface area contributed by atoms with E-state index in [9.17, 15) is 21.6 Å². The largest absolute Gasteiger partial charge is 0.694 e. The molecule has 0 aromatic carbocycles. The van der Waals surface area contributed by atoms with Gasteiger partial charge in [-0.1, -0.05) is 0 Å². The van der Waals surface area contributed by atoms with E-state index in [0.717, 1.165) is 0 Å². The van der Waals surface area contributed by atoms with E-state index in [4.69, 9.17) is 13.3 Å². The summed E-state index contributed by atoms with van der Waals surface area (Å²) >= 11 is 0. The Morgan fingerprint density at radius 1 is 0.944 bits per heavy atom. The molecule has 0 atom stereocenters. The summed E-state index contributed by atoms with van der Waals surface area (Å²) in [6, 6.07) is 0. The number of rotatable bonds is 8. The average molecular weight is 312 g/mol. The number of hydrogen-bond donors (Lipinski definition) is 0. The second-order valence-electron chi connectivity index (χ2n) is 2.78. The van der Waals surface area contributed by atoms with Crippen LogP contribution in [0.15, 0.2) is 0 Å². The molecule has 0 unspecified atom stereocenters. The molecule has 0 rings (SSSR count). The van der Waals surface area contributed by atoms with Crippen LogP contribution in [0.3, 0.4) is 0 Å². The number of halogens is 3. The summed E-state index contributed by atoms with van der Waals surface area (Å²) in [5, 5.41) is 0. The van der Waals surface area contributed by atoms with Crippen molar-refractivity contribution >= 4 is 19.2 Å². The molecule has 0 aliphatic rings. The molecular weight excluding hydrogens is 297 g/mol. The summed E-state index contributed by atoms with van der Waals surface area (Å²) in [6.45, 7) is 4.01. The number of hydrogen-bond acceptors (Lipinski definition) is 6. The highest BCUT2D eigenvalue weighted by atomic mass is 32.2. The highest BCUT2D eigenvalue weighted by Gasteiger charge is 2.58. The zero-order valence-corrected chi connectivity index (χ0v) is 11.9. The van der Waals surface area contributed by atoms with E-state index >= 15 is 0 Å². The Morgan fingerprint density at radius 3 is 1.50 bits per heavy atom. The molecule has 0 aromatic rings. The molecule has 11 heteroatoms. The van der Waals surface area contributed by atoms with Gasteiger partial charge < -0.3 is 13.3 Å². The van der Waals surface area contributed by atoms with Crippen LogP contribution in [0.5, 0.6) is 0 Å². The van der Waals surface area contributed by atoms with Gasteiger partial charge in [-0.05, 0) is 20.8 Å². The Labute approximate surface area is 105 Å². The fraction of sp³-hybridized carbons (Fsp3) is 1.00. The van der Waals surface area contributed by atoms with E-state index in [1.165, 1.54) is 20.8 Å². The van der Waals surface area contributed by atoms with Crippen molar-refractivity contribution in [1.29, 1.82) is 0 Å². The predicted octanol–water partition coefficient (Wildman–Crippen LogP) is 1.40. The zero-order chi connectivity index (χ0) is 14.4. The van der Waals surface area contributed by atoms with Gasteiger partial charge >= 0.3 is 24.7 Å². The summed E-state index contributed by atoms with van der Waals surface area (Å²) < 4.78 is 77.1. The van der Waals surface area contributed by atoms with Gasteiger partial charge in [0.05, 0.1) is 0 Å². The van der Waals surface area contributed by atoms with Crippen molar-refractivity contribution in [2.75, 3.05) is 19.8 Å².